The molecule has 2 heterocycles. The number of hydrogen-bond acceptors (Lipinski definition) is 6. The normalized spacial score (nSPS) is 26.1. The number of ketones is 1. The second-order valence-corrected chi connectivity index (χ2v) is 17.2. The zero-order chi connectivity index (χ0) is 37.8. The number of benzene rings is 6. The molecule has 0 aromatic heterocycles. The Morgan fingerprint density at radius 3 is 1.80 bits per heavy atom. The third-order valence-corrected chi connectivity index (χ3v) is 13.7. The van der Waals surface area contributed by atoms with Crippen LogP contribution in [0, 0.1) is 13.8 Å². The predicted molar refractivity (Wildman–Crippen MR) is 228 cm³/mol. The van der Waals surface area contributed by atoms with Gasteiger partial charge in [-0.05, 0) is 111 Å². The van der Waals surface area contributed by atoms with Gasteiger partial charge >= 0.3 is 0 Å². The summed E-state index contributed by atoms with van der Waals surface area (Å²) in [6, 6.07) is 38.8. The quantitative estimate of drug-likeness (QED) is 0.145. The molecule has 0 unspecified atom stereocenters. The lowest BCUT2D eigenvalue weighted by Gasteiger charge is -2.46. The summed E-state index contributed by atoms with van der Waals surface area (Å²) in [6.07, 6.45) is 7.84. The van der Waals surface area contributed by atoms with Gasteiger partial charge in [-0.2, -0.15) is 0 Å². The van der Waals surface area contributed by atoms with E-state index in [-0.39, 0.29) is 17.2 Å². The van der Waals surface area contributed by atoms with Crippen molar-refractivity contribution in [3.8, 4) is 0 Å². The Hall–Kier alpha value is -5.88. The minimum atomic E-state index is -0.462. The van der Waals surface area contributed by atoms with Crippen molar-refractivity contribution in [1.29, 1.82) is 0 Å². The molecule has 6 nitrogen and oxygen atoms in total. The fourth-order valence-corrected chi connectivity index (χ4v) is 10.6. The summed E-state index contributed by atoms with van der Waals surface area (Å²) >= 11 is 0. The minimum Gasteiger partial charge on any atom is -0.506 e. The molecule has 2 aliphatic heterocycles. The van der Waals surface area contributed by atoms with Gasteiger partial charge in [-0.15, -0.1) is 0 Å². The Bertz CT molecular complexity index is 2780. The van der Waals surface area contributed by atoms with Crippen LogP contribution in [0.25, 0.3) is 32.7 Å². The van der Waals surface area contributed by atoms with E-state index in [1.54, 1.807) is 0 Å². The Morgan fingerprint density at radius 1 is 0.607 bits per heavy atom. The number of nitrogens with one attached hydrogen (secondary N) is 3. The molecule has 2 fully saturated rings. The number of allylic oxidation sites excluding steroid dienone is 2. The van der Waals surface area contributed by atoms with E-state index in [9.17, 15) is 9.90 Å². The van der Waals surface area contributed by atoms with E-state index in [1.165, 1.54) is 22.3 Å². The van der Waals surface area contributed by atoms with Crippen LogP contribution in [0.5, 0.6) is 0 Å². The summed E-state index contributed by atoms with van der Waals surface area (Å²) < 4.78 is 0. The van der Waals surface area contributed by atoms with Crippen molar-refractivity contribution in [3.05, 3.63) is 153 Å². The molecule has 2 spiro atoms. The highest BCUT2D eigenvalue weighted by Crippen LogP contribution is 2.50. The first kappa shape index (κ1) is 33.5. The van der Waals surface area contributed by atoms with E-state index in [4.69, 9.17) is 4.99 Å². The molecule has 278 valence electrons. The average molecular weight is 735 g/mol. The predicted octanol–water partition coefficient (Wildman–Crippen LogP) is 10.3. The van der Waals surface area contributed by atoms with Crippen LogP contribution >= 0.6 is 0 Å². The topological polar surface area (TPSA) is 85.8 Å². The van der Waals surface area contributed by atoms with Crippen LogP contribution in [0.2, 0.25) is 0 Å². The first-order valence-electron chi connectivity index (χ1n) is 20.5. The maximum Gasteiger partial charge on any atom is 0.201 e. The van der Waals surface area contributed by atoms with Crippen LogP contribution in [0.4, 0.5) is 17.1 Å². The molecule has 0 radical (unpaired) electrons. The van der Waals surface area contributed by atoms with Crippen LogP contribution in [0.3, 0.4) is 0 Å². The van der Waals surface area contributed by atoms with Crippen molar-refractivity contribution in [3.63, 3.8) is 0 Å². The zero-order valence-corrected chi connectivity index (χ0v) is 32.0. The fraction of sp³-hybridized carbons (Fsp3) is 0.280. The number of carbonyl (C=O) groups is 1. The molecule has 5 aliphatic rings. The van der Waals surface area contributed by atoms with Crippen LogP contribution in [0.1, 0.15) is 91.0 Å². The van der Waals surface area contributed by atoms with Gasteiger partial charge in [-0.1, -0.05) is 108 Å². The van der Waals surface area contributed by atoms with Gasteiger partial charge in [0.25, 0.3) is 0 Å². The molecule has 0 amide bonds. The van der Waals surface area contributed by atoms with E-state index in [0.717, 1.165) is 101 Å². The van der Waals surface area contributed by atoms with Gasteiger partial charge in [0.15, 0.2) is 0 Å². The Balaban J connectivity index is 0.986. The third kappa shape index (κ3) is 5.14. The maximum absolute atomic E-state index is 14.6. The molecule has 2 saturated carbocycles. The average Bonchev–Trinajstić information content (AvgIpc) is 3.21. The molecule has 3 aliphatic carbocycles. The molecule has 0 saturated heterocycles. The lowest BCUT2D eigenvalue weighted by Crippen LogP contribution is -2.50. The maximum atomic E-state index is 14.6. The second-order valence-electron chi connectivity index (χ2n) is 17.2. The Labute approximate surface area is 327 Å². The number of aliphatic hydroxyl groups excluding tert-OH is 1. The number of rotatable bonds is 3. The van der Waals surface area contributed by atoms with Gasteiger partial charge in [-0.25, -0.2) is 0 Å². The van der Waals surface area contributed by atoms with Crippen molar-refractivity contribution in [1.82, 2.24) is 0 Å². The standard InChI is InChI=1S/C50H46N4O2/c1-29-9-13-31(14-10-29)33-21-25-49(26-22-33)51-39-7-3-5-35-17-19-37(45(53-49)41(35)39)43-47(55)44(48(43)56)38-20-18-36-6-4-8-40-42(36)46(38)54-50(52-40)27-23-34(24-28-50)32-15-11-30(2)12-16-32/h3-20,33-34,51-53,55H,21-28H2,1-2H3. The van der Waals surface area contributed by atoms with Gasteiger partial charge in [0.05, 0.1) is 22.2 Å². The van der Waals surface area contributed by atoms with Crippen LogP contribution in [0.15, 0.2) is 120 Å². The molecule has 6 aromatic carbocycles. The molecule has 56 heavy (non-hydrogen) atoms. The monoisotopic (exact) mass is 734 g/mol. The Morgan fingerprint density at radius 2 is 1.18 bits per heavy atom. The van der Waals surface area contributed by atoms with Gasteiger partial charge < -0.3 is 21.1 Å². The summed E-state index contributed by atoms with van der Waals surface area (Å²) in [5.74, 6) is 0.935. The third-order valence-electron chi connectivity index (χ3n) is 13.7. The van der Waals surface area contributed by atoms with Crippen molar-refractivity contribution >= 4 is 55.5 Å². The van der Waals surface area contributed by atoms with Crippen LogP contribution in [-0.2, 0) is 4.79 Å². The van der Waals surface area contributed by atoms with Crippen molar-refractivity contribution < 1.29 is 9.90 Å². The van der Waals surface area contributed by atoms with E-state index in [2.05, 4.69) is 127 Å². The summed E-state index contributed by atoms with van der Waals surface area (Å²) in [6.45, 7) is 4.28. The van der Waals surface area contributed by atoms with Gasteiger partial charge in [-0.3, -0.25) is 9.79 Å². The highest BCUT2D eigenvalue weighted by atomic mass is 16.3. The van der Waals surface area contributed by atoms with Gasteiger partial charge in [0, 0.05) is 32.9 Å². The van der Waals surface area contributed by atoms with Crippen LogP contribution < -0.4 is 26.5 Å². The van der Waals surface area contributed by atoms with Crippen LogP contribution in [-0.4, -0.2) is 22.2 Å². The fourth-order valence-electron chi connectivity index (χ4n) is 10.6. The molecular weight excluding hydrogens is 689 g/mol. The second kappa shape index (κ2) is 12.3. The number of aliphatic hydroxyl groups is 1. The van der Waals surface area contributed by atoms with Crippen molar-refractivity contribution in [2.45, 2.75) is 88.4 Å². The van der Waals surface area contributed by atoms with E-state index in [0.29, 0.717) is 28.2 Å². The minimum absolute atomic E-state index is 0.0551. The summed E-state index contributed by atoms with van der Waals surface area (Å²) in [5, 5.41) is 29.6. The molecule has 11 rings (SSSR count). The van der Waals surface area contributed by atoms with Crippen molar-refractivity contribution in [2.75, 3.05) is 16.0 Å². The lowest BCUT2D eigenvalue weighted by atomic mass is 9.76. The first-order valence-corrected chi connectivity index (χ1v) is 20.5. The largest absolute Gasteiger partial charge is 0.506 e. The number of nitrogens with zero attached hydrogens (tertiary/aromatic N) is 1. The van der Waals surface area contributed by atoms with Crippen molar-refractivity contribution in [2.24, 2.45) is 4.99 Å². The SMILES string of the molecule is Cc1ccc(C2CCC3(CC2)N=c2c(=C4C(=O)C(c5ccc6cccc7c6c5NC5(CCC(c6ccc(C)cc6)CC5)N7)=C4O)ccc4cccc(c24)N3)cc1. The Kier molecular flexibility index (Phi) is 7.36. The summed E-state index contributed by atoms with van der Waals surface area (Å²) in [5.41, 5.74) is 9.13. The smallest absolute Gasteiger partial charge is 0.201 e. The number of carbonyl (C=O) groups excluding carboxylic acids is 1. The van der Waals surface area contributed by atoms with E-state index >= 15 is 0 Å². The highest BCUT2D eigenvalue weighted by Gasteiger charge is 2.43. The molecule has 6 aromatic rings. The molecule has 6 heteroatoms. The summed E-state index contributed by atoms with van der Waals surface area (Å²) in [7, 11) is 0. The number of aryl methyl sites for hydroxylation is 2. The molecule has 0 bridgehead atoms. The number of hydrogen-bond donors (Lipinski definition) is 4. The molecule has 0 atom stereocenters. The van der Waals surface area contributed by atoms with Gasteiger partial charge in [0.2, 0.25) is 5.78 Å². The highest BCUT2D eigenvalue weighted by molar-refractivity contribution is 6.52. The number of anilines is 3. The van der Waals surface area contributed by atoms with E-state index < -0.39 is 5.66 Å². The number of Topliss-reactive ketones (excluding diaryl/α,β-unsaturated/α-hetero) is 1. The molecule has 4 N–H and O–H groups in total. The first-order chi connectivity index (χ1) is 27.3. The lowest BCUT2D eigenvalue weighted by molar-refractivity contribution is -0.109. The summed E-state index contributed by atoms with van der Waals surface area (Å²) in [4.78, 5) is 20.1. The zero-order valence-electron chi connectivity index (χ0n) is 32.0. The van der Waals surface area contributed by atoms with E-state index in [1.807, 2.05) is 12.1 Å². The molecular formula is C50H46N4O2. The van der Waals surface area contributed by atoms with Gasteiger partial charge in [0.1, 0.15) is 17.1 Å².